The molecule has 0 atom stereocenters. The number of halogens is 4. The zero-order chi connectivity index (χ0) is 14.8. The van der Waals surface area contributed by atoms with Crippen LogP contribution in [0.2, 0.25) is 0 Å². The van der Waals surface area contributed by atoms with Crippen LogP contribution >= 0.6 is 0 Å². The van der Waals surface area contributed by atoms with Gasteiger partial charge in [-0.1, -0.05) is 20.8 Å². The van der Waals surface area contributed by atoms with Gasteiger partial charge in [0.2, 0.25) is 0 Å². The highest BCUT2D eigenvalue weighted by Gasteiger charge is 2.34. The molecule has 1 aromatic carbocycles. The van der Waals surface area contributed by atoms with Crippen LogP contribution in [0.1, 0.15) is 49.5 Å². The highest BCUT2D eigenvalue weighted by atomic mass is 19.4. The maximum atomic E-state index is 13.1. The summed E-state index contributed by atoms with van der Waals surface area (Å²) >= 11 is 0. The number of carbonyl (C=O) groups is 1. The molecule has 0 unspecified atom stereocenters. The Labute approximate surface area is 109 Å². The first kappa shape index (κ1) is 15.7. The molecule has 0 aliphatic rings. The summed E-state index contributed by atoms with van der Waals surface area (Å²) in [4.78, 5) is 11.8. The molecule has 0 aromatic heterocycles. The average molecular weight is 276 g/mol. The molecule has 19 heavy (non-hydrogen) atoms. The predicted molar refractivity (Wildman–Crippen MR) is 64.4 cm³/mol. The number of ketones is 1. The van der Waals surface area contributed by atoms with Crippen LogP contribution in [0.4, 0.5) is 17.6 Å². The van der Waals surface area contributed by atoms with Crippen LogP contribution in [-0.2, 0) is 6.18 Å². The average Bonchev–Trinajstić information content (AvgIpc) is 2.24. The van der Waals surface area contributed by atoms with Gasteiger partial charge in [-0.05, 0) is 30.0 Å². The molecule has 0 spiro atoms. The van der Waals surface area contributed by atoms with Crippen LogP contribution in [0.25, 0.3) is 0 Å². The Hall–Kier alpha value is -1.39. The molecule has 1 aromatic rings. The fourth-order valence-electron chi connectivity index (χ4n) is 1.55. The van der Waals surface area contributed by atoms with Crippen molar-refractivity contribution in [3.8, 4) is 0 Å². The molecule has 0 aliphatic heterocycles. The zero-order valence-electron chi connectivity index (χ0n) is 11.1. The Kier molecular flexibility index (Phi) is 4.38. The van der Waals surface area contributed by atoms with E-state index >= 15 is 0 Å². The van der Waals surface area contributed by atoms with Gasteiger partial charge in [-0.2, -0.15) is 13.2 Å². The van der Waals surface area contributed by atoms with Gasteiger partial charge in [0.25, 0.3) is 0 Å². The van der Waals surface area contributed by atoms with E-state index in [0.29, 0.717) is 18.6 Å². The summed E-state index contributed by atoms with van der Waals surface area (Å²) in [5, 5.41) is 0. The van der Waals surface area contributed by atoms with E-state index in [1.807, 2.05) is 20.8 Å². The largest absolute Gasteiger partial charge is 0.419 e. The van der Waals surface area contributed by atoms with Crippen molar-refractivity contribution < 1.29 is 22.4 Å². The van der Waals surface area contributed by atoms with Gasteiger partial charge in [0, 0.05) is 12.0 Å². The Bertz CT molecular complexity index is 469. The van der Waals surface area contributed by atoms with Crippen LogP contribution in [0, 0.1) is 11.2 Å². The van der Waals surface area contributed by atoms with Gasteiger partial charge in [0.15, 0.2) is 5.78 Å². The number of carbonyl (C=O) groups excluding carboxylic acids is 1. The van der Waals surface area contributed by atoms with E-state index in [4.69, 9.17) is 0 Å². The summed E-state index contributed by atoms with van der Waals surface area (Å²) in [6, 6.07) is 2.36. The second-order valence-electron chi connectivity index (χ2n) is 5.68. The molecule has 1 rings (SSSR count). The number of rotatable bonds is 3. The lowest BCUT2D eigenvalue weighted by Gasteiger charge is -2.17. The first-order chi connectivity index (χ1) is 8.50. The molecule has 0 N–H and O–H groups in total. The first-order valence-electron chi connectivity index (χ1n) is 5.91. The molecular weight excluding hydrogens is 260 g/mol. The van der Waals surface area contributed by atoms with Crippen LogP contribution < -0.4 is 0 Å². The van der Waals surface area contributed by atoms with Crippen molar-refractivity contribution in [1.29, 1.82) is 0 Å². The van der Waals surface area contributed by atoms with Gasteiger partial charge in [0.1, 0.15) is 5.82 Å². The smallest absolute Gasteiger partial charge is 0.294 e. The number of hydrogen-bond acceptors (Lipinski definition) is 1. The molecule has 0 saturated heterocycles. The number of benzene rings is 1. The van der Waals surface area contributed by atoms with Gasteiger partial charge < -0.3 is 0 Å². The Morgan fingerprint density at radius 3 is 2.21 bits per heavy atom. The van der Waals surface area contributed by atoms with E-state index in [9.17, 15) is 22.4 Å². The Balaban J connectivity index is 2.94. The van der Waals surface area contributed by atoms with Crippen molar-refractivity contribution in [2.24, 2.45) is 5.41 Å². The summed E-state index contributed by atoms with van der Waals surface area (Å²) in [5.74, 6) is -1.76. The van der Waals surface area contributed by atoms with Gasteiger partial charge in [0.05, 0.1) is 5.56 Å². The second kappa shape index (κ2) is 5.31. The molecule has 1 nitrogen and oxygen atoms in total. The molecule has 0 amide bonds. The summed E-state index contributed by atoms with van der Waals surface area (Å²) in [7, 11) is 0. The zero-order valence-corrected chi connectivity index (χ0v) is 11.1. The lowest BCUT2D eigenvalue weighted by molar-refractivity contribution is -0.140. The molecule has 0 radical (unpaired) electrons. The van der Waals surface area contributed by atoms with E-state index in [0.717, 1.165) is 6.07 Å². The standard InChI is InChI=1S/C14H16F4O/c1-13(2,3)7-6-12(19)9-4-5-11(15)10(8-9)14(16,17)18/h4-5,8H,6-7H2,1-3H3. The van der Waals surface area contributed by atoms with Crippen LogP contribution in [0.5, 0.6) is 0 Å². The highest BCUT2D eigenvalue weighted by Crippen LogP contribution is 2.32. The normalized spacial score (nSPS) is 12.6. The molecule has 0 heterocycles. The Morgan fingerprint density at radius 1 is 1.16 bits per heavy atom. The highest BCUT2D eigenvalue weighted by molar-refractivity contribution is 5.96. The molecule has 0 bridgehead atoms. The van der Waals surface area contributed by atoms with E-state index in [-0.39, 0.29) is 17.4 Å². The minimum atomic E-state index is -4.79. The molecule has 106 valence electrons. The third kappa shape index (κ3) is 4.65. The molecule has 0 aliphatic carbocycles. The van der Waals surface area contributed by atoms with E-state index in [2.05, 4.69) is 0 Å². The quantitative estimate of drug-likeness (QED) is 0.569. The fourth-order valence-corrected chi connectivity index (χ4v) is 1.55. The lowest BCUT2D eigenvalue weighted by Crippen LogP contribution is -2.12. The van der Waals surface area contributed by atoms with Crippen molar-refractivity contribution in [2.75, 3.05) is 0 Å². The molecule has 0 saturated carbocycles. The topological polar surface area (TPSA) is 17.1 Å². The lowest BCUT2D eigenvalue weighted by atomic mass is 9.88. The molecule has 5 heteroatoms. The predicted octanol–water partition coefficient (Wildman–Crippen LogP) is 4.85. The fraction of sp³-hybridized carbons (Fsp3) is 0.500. The SMILES string of the molecule is CC(C)(C)CCC(=O)c1ccc(F)c(C(F)(F)F)c1. The van der Waals surface area contributed by atoms with Crippen molar-refractivity contribution in [3.05, 3.63) is 35.1 Å². The third-order valence-electron chi connectivity index (χ3n) is 2.70. The van der Waals surface area contributed by atoms with E-state index < -0.39 is 23.3 Å². The van der Waals surface area contributed by atoms with Gasteiger partial charge in [-0.15, -0.1) is 0 Å². The van der Waals surface area contributed by atoms with Crippen molar-refractivity contribution in [2.45, 2.75) is 39.8 Å². The number of alkyl halides is 3. The monoisotopic (exact) mass is 276 g/mol. The van der Waals surface area contributed by atoms with E-state index in [1.54, 1.807) is 0 Å². The van der Waals surface area contributed by atoms with E-state index in [1.165, 1.54) is 0 Å². The Morgan fingerprint density at radius 2 is 1.74 bits per heavy atom. The number of Topliss-reactive ketones (excluding diaryl/α,β-unsaturated/α-hetero) is 1. The minimum Gasteiger partial charge on any atom is -0.294 e. The summed E-state index contributed by atoms with van der Waals surface area (Å²) < 4.78 is 50.6. The minimum absolute atomic E-state index is 0.0808. The van der Waals surface area contributed by atoms with Gasteiger partial charge in [-0.25, -0.2) is 4.39 Å². The van der Waals surface area contributed by atoms with Gasteiger partial charge >= 0.3 is 6.18 Å². The van der Waals surface area contributed by atoms with Crippen LogP contribution in [0.3, 0.4) is 0 Å². The molecular formula is C14H16F4O. The van der Waals surface area contributed by atoms with Crippen molar-refractivity contribution in [3.63, 3.8) is 0 Å². The maximum Gasteiger partial charge on any atom is 0.419 e. The van der Waals surface area contributed by atoms with Crippen LogP contribution in [0.15, 0.2) is 18.2 Å². The number of hydrogen-bond donors (Lipinski definition) is 0. The second-order valence-corrected chi connectivity index (χ2v) is 5.68. The van der Waals surface area contributed by atoms with Crippen LogP contribution in [-0.4, -0.2) is 5.78 Å². The van der Waals surface area contributed by atoms with Crippen molar-refractivity contribution >= 4 is 5.78 Å². The van der Waals surface area contributed by atoms with Gasteiger partial charge in [-0.3, -0.25) is 4.79 Å². The maximum absolute atomic E-state index is 13.1. The van der Waals surface area contributed by atoms with Crippen molar-refractivity contribution in [1.82, 2.24) is 0 Å². The summed E-state index contributed by atoms with van der Waals surface area (Å²) in [6.07, 6.45) is -4.08. The summed E-state index contributed by atoms with van der Waals surface area (Å²) in [6.45, 7) is 5.81. The summed E-state index contributed by atoms with van der Waals surface area (Å²) in [5.41, 5.74) is -1.57. The first-order valence-corrected chi connectivity index (χ1v) is 5.91. The molecule has 0 fully saturated rings. The third-order valence-corrected chi connectivity index (χ3v) is 2.70.